The molecule has 1 rings (SSSR count). The predicted molar refractivity (Wildman–Crippen MR) is 43.2 cm³/mol. The molecule has 60 valence electrons. The Labute approximate surface area is 69.3 Å². The number of hydrogen-bond donors (Lipinski definition) is 1. The molecular weight excluding hydrogens is 162 g/mol. The highest BCUT2D eigenvalue weighted by Crippen LogP contribution is 2.10. The van der Waals surface area contributed by atoms with Gasteiger partial charge in [0, 0.05) is 17.9 Å². The molecule has 11 heavy (non-hydrogen) atoms. The first-order chi connectivity index (χ1) is 5.34. The lowest BCUT2D eigenvalue weighted by molar-refractivity contribution is -0.645. The monoisotopic (exact) mass is 171 g/mol. The van der Waals surface area contributed by atoms with Crippen molar-refractivity contribution < 1.29 is 9.84 Å². The van der Waals surface area contributed by atoms with Crippen molar-refractivity contribution in [2.45, 2.75) is 5.03 Å². The van der Waals surface area contributed by atoms with Gasteiger partial charge in [0.15, 0.2) is 6.20 Å². The van der Waals surface area contributed by atoms with Crippen molar-refractivity contribution >= 4 is 11.8 Å². The summed E-state index contributed by atoms with van der Waals surface area (Å²) < 4.78 is 0.792. The average molecular weight is 171 g/mol. The quantitative estimate of drug-likeness (QED) is 0.407. The van der Waals surface area contributed by atoms with Gasteiger partial charge in [0.1, 0.15) is 0 Å². The van der Waals surface area contributed by atoms with E-state index in [0.29, 0.717) is 10.8 Å². The Balaban J connectivity index is 2.62. The lowest BCUT2D eigenvalue weighted by atomic mass is 10.5. The molecule has 1 heterocycles. The summed E-state index contributed by atoms with van der Waals surface area (Å²) >= 11 is 1.35. The van der Waals surface area contributed by atoms with Gasteiger partial charge in [0.25, 0.3) is 5.03 Å². The van der Waals surface area contributed by atoms with Gasteiger partial charge in [0.2, 0.25) is 0 Å². The molecule has 4 heteroatoms. The summed E-state index contributed by atoms with van der Waals surface area (Å²) in [6, 6.07) is 5.21. The molecule has 0 saturated carbocycles. The summed E-state index contributed by atoms with van der Waals surface area (Å²) in [4.78, 5) is 0. The number of thioether (sulfide) groups is 1. The lowest BCUT2D eigenvalue weighted by Gasteiger charge is -2.00. The molecule has 1 aromatic rings. The fourth-order valence-corrected chi connectivity index (χ4v) is 1.34. The molecule has 0 unspecified atom stereocenters. The van der Waals surface area contributed by atoms with E-state index in [1.54, 1.807) is 18.2 Å². The van der Waals surface area contributed by atoms with Crippen LogP contribution >= 0.6 is 11.8 Å². The molecule has 1 N–H and O–H groups in total. The second-order valence-electron chi connectivity index (χ2n) is 1.94. The Kier molecular flexibility index (Phi) is 3.19. The van der Waals surface area contributed by atoms with Crippen LogP contribution in [0.3, 0.4) is 0 Å². The van der Waals surface area contributed by atoms with Gasteiger partial charge in [0.05, 0.1) is 6.61 Å². The molecule has 0 amide bonds. The van der Waals surface area contributed by atoms with Crippen molar-refractivity contribution in [1.82, 2.24) is 0 Å². The van der Waals surface area contributed by atoms with Gasteiger partial charge < -0.3 is 10.3 Å². The number of aliphatic hydroxyl groups excluding tert-OH is 1. The Bertz CT molecular complexity index is 229. The zero-order valence-electron chi connectivity index (χ0n) is 5.93. The van der Waals surface area contributed by atoms with Crippen LogP contribution in [0.2, 0.25) is 0 Å². The summed E-state index contributed by atoms with van der Waals surface area (Å²) in [6.45, 7) is 0.0968. The second-order valence-corrected chi connectivity index (χ2v) is 3.05. The highest BCUT2D eigenvalue weighted by atomic mass is 32.2. The molecule has 0 aliphatic carbocycles. The third-order valence-corrected chi connectivity index (χ3v) is 2.13. The van der Waals surface area contributed by atoms with E-state index < -0.39 is 0 Å². The maximum absolute atomic E-state index is 10.9. The SMILES string of the molecule is [O-][n+]1ccccc1SCCO. The van der Waals surface area contributed by atoms with E-state index in [1.807, 2.05) is 0 Å². The molecule has 0 aliphatic rings. The summed E-state index contributed by atoms with van der Waals surface area (Å²) in [6.07, 6.45) is 1.44. The van der Waals surface area contributed by atoms with Crippen LogP contribution in [0.1, 0.15) is 0 Å². The van der Waals surface area contributed by atoms with E-state index in [9.17, 15) is 5.21 Å². The van der Waals surface area contributed by atoms with Gasteiger partial charge in [-0.05, 0) is 6.07 Å². The highest BCUT2D eigenvalue weighted by Gasteiger charge is 2.01. The highest BCUT2D eigenvalue weighted by molar-refractivity contribution is 7.99. The van der Waals surface area contributed by atoms with Crippen LogP contribution in [0.4, 0.5) is 0 Å². The van der Waals surface area contributed by atoms with Crippen molar-refractivity contribution in [3.05, 3.63) is 29.6 Å². The zero-order valence-corrected chi connectivity index (χ0v) is 6.75. The van der Waals surface area contributed by atoms with Gasteiger partial charge in [-0.3, -0.25) is 0 Å². The van der Waals surface area contributed by atoms with Crippen LogP contribution in [0.25, 0.3) is 0 Å². The first-order valence-electron chi connectivity index (χ1n) is 3.26. The number of aliphatic hydroxyl groups is 1. The minimum atomic E-state index is 0.0968. The smallest absolute Gasteiger partial charge is 0.251 e. The van der Waals surface area contributed by atoms with E-state index in [1.165, 1.54) is 18.0 Å². The first-order valence-corrected chi connectivity index (χ1v) is 4.25. The second kappa shape index (κ2) is 4.20. The normalized spacial score (nSPS) is 9.91. The Morgan fingerprint density at radius 3 is 3.00 bits per heavy atom. The molecule has 0 bridgehead atoms. The van der Waals surface area contributed by atoms with E-state index in [2.05, 4.69) is 0 Å². The summed E-state index contributed by atoms with van der Waals surface area (Å²) in [5, 5.41) is 20.1. The molecule has 0 radical (unpaired) electrons. The van der Waals surface area contributed by atoms with Gasteiger partial charge in [-0.1, -0.05) is 11.8 Å². The first kappa shape index (κ1) is 8.36. The fraction of sp³-hybridized carbons (Fsp3) is 0.286. The largest absolute Gasteiger partial charge is 0.618 e. The molecule has 0 saturated heterocycles. The molecule has 0 aliphatic heterocycles. The van der Waals surface area contributed by atoms with Gasteiger partial charge >= 0.3 is 0 Å². The Hall–Kier alpha value is -0.740. The van der Waals surface area contributed by atoms with Gasteiger partial charge in [-0.25, -0.2) is 0 Å². The van der Waals surface area contributed by atoms with Crippen molar-refractivity contribution in [3.63, 3.8) is 0 Å². The summed E-state index contributed by atoms with van der Waals surface area (Å²) in [5.74, 6) is 0.562. The topological polar surface area (TPSA) is 47.2 Å². The molecule has 1 aromatic heterocycles. The zero-order chi connectivity index (χ0) is 8.10. The number of aromatic nitrogens is 1. The van der Waals surface area contributed by atoms with Crippen LogP contribution in [0, 0.1) is 5.21 Å². The third kappa shape index (κ3) is 2.40. The maximum Gasteiger partial charge on any atom is 0.251 e. The van der Waals surface area contributed by atoms with Crippen LogP contribution in [0.15, 0.2) is 29.4 Å². The van der Waals surface area contributed by atoms with Crippen LogP contribution in [-0.2, 0) is 0 Å². The minimum Gasteiger partial charge on any atom is -0.618 e. The molecule has 0 aromatic carbocycles. The van der Waals surface area contributed by atoms with Crippen molar-refractivity contribution in [1.29, 1.82) is 0 Å². The summed E-state index contributed by atoms with van der Waals surface area (Å²) in [7, 11) is 0. The standard InChI is InChI=1S/C7H9NO2S/c9-5-6-11-7-3-1-2-4-8(7)10/h1-4,9H,5-6H2. The minimum absolute atomic E-state index is 0.0968. The Morgan fingerprint density at radius 2 is 2.36 bits per heavy atom. The number of hydrogen-bond acceptors (Lipinski definition) is 3. The average Bonchev–Trinajstić information content (AvgIpc) is 2.03. The van der Waals surface area contributed by atoms with Crippen molar-refractivity contribution in [2.24, 2.45) is 0 Å². The van der Waals surface area contributed by atoms with E-state index in [0.717, 1.165) is 4.73 Å². The molecule has 0 atom stereocenters. The third-order valence-electron chi connectivity index (χ3n) is 1.13. The van der Waals surface area contributed by atoms with Crippen LogP contribution < -0.4 is 4.73 Å². The molecule has 0 spiro atoms. The van der Waals surface area contributed by atoms with Gasteiger partial charge in [-0.15, -0.1) is 0 Å². The van der Waals surface area contributed by atoms with E-state index >= 15 is 0 Å². The van der Waals surface area contributed by atoms with E-state index in [4.69, 9.17) is 5.11 Å². The summed E-state index contributed by atoms with van der Waals surface area (Å²) in [5.41, 5.74) is 0. The predicted octanol–water partition coefficient (Wildman–Crippen LogP) is 0.404. The number of pyridine rings is 1. The fourth-order valence-electron chi connectivity index (χ4n) is 0.675. The van der Waals surface area contributed by atoms with Crippen LogP contribution in [0.5, 0.6) is 0 Å². The van der Waals surface area contributed by atoms with Crippen molar-refractivity contribution in [3.8, 4) is 0 Å². The van der Waals surface area contributed by atoms with Crippen molar-refractivity contribution in [2.75, 3.05) is 12.4 Å². The maximum atomic E-state index is 10.9. The molecule has 0 fully saturated rings. The number of nitrogens with zero attached hydrogens (tertiary/aromatic N) is 1. The molecule has 3 nitrogen and oxygen atoms in total. The lowest BCUT2D eigenvalue weighted by Crippen LogP contribution is -2.27. The van der Waals surface area contributed by atoms with Crippen LogP contribution in [-0.4, -0.2) is 17.5 Å². The van der Waals surface area contributed by atoms with Gasteiger partial charge in [-0.2, -0.15) is 4.73 Å². The molecular formula is C7H9NO2S. The van der Waals surface area contributed by atoms with E-state index in [-0.39, 0.29) is 6.61 Å². The Morgan fingerprint density at radius 1 is 1.55 bits per heavy atom. The number of rotatable bonds is 3.